The third kappa shape index (κ3) is 3.10. The highest BCUT2D eigenvalue weighted by molar-refractivity contribution is 6.25. The smallest absolute Gasteiger partial charge is 0.277 e. The van der Waals surface area contributed by atoms with Gasteiger partial charge in [0.15, 0.2) is 5.78 Å². The number of amides is 1. The molecule has 2 aliphatic heterocycles. The fourth-order valence-electron chi connectivity index (χ4n) is 4.50. The highest BCUT2D eigenvalue weighted by Gasteiger charge is 2.63. The number of nitrogens with one attached hydrogen (secondary N) is 1. The highest BCUT2D eigenvalue weighted by atomic mass is 16.7. The van der Waals surface area contributed by atoms with Crippen molar-refractivity contribution in [2.24, 2.45) is 11.1 Å². The number of hydrogen-bond donors (Lipinski definition) is 1. The molecule has 0 aliphatic carbocycles. The lowest BCUT2D eigenvalue weighted by Crippen LogP contribution is -2.46. The zero-order valence-electron chi connectivity index (χ0n) is 18.8. The van der Waals surface area contributed by atoms with Crippen LogP contribution in [-0.2, 0) is 15.2 Å². The maximum atomic E-state index is 14.0. The number of hydrogen-bond acceptors (Lipinski definition) is 7. The van der Waals surface area contributed by atoms with Crippen LogP contribution < -0.4 is 19.5 Å². The van der Waals surface area contributed by atoms with Crippen LogP contribution in [0.25, 0.3) is 0 Å². The van der Waals surface area contributed by atoms with Crippen molar-refractivity contribution < 1.29 is 28.6 Å². The predicted octanol–water partition coefficient (Wildman–Crippen LogP) is 3.79. The van der Waals surface area contributed by atoms with Crippen LogP contribution in [0.3, 0.4) is 0 Å². The number of anilines is 1. The van der Waals surface area contributed by atoms with E-state index in [-0.39, 0.29) is 5.78 Å². The first-order valence-corrected chi connectivity index (χ1v) is 10.6. The Morgan fingerprint density at radius 3 is 2.35 bits per heavy atom. The summed E-state index contributed by atoms with van der Waals surface area (Å²) in [5.74, 6) is -0.194. The minimum absolute atomic E-state index is 0.298. The minimum Gasteiger partial charge on any atom is -0.497 e. The van der Waals surface area contributed by atoms with Crippen LogP contribution in [0, 0.1) is 5.92 Å². The van der Waals surface area contributed by atoms with Gasteiger partial charge in [0.2, 0.25) is 0 Å². The maximum absolute atomic E-state index is 14.0. The van der Waals surface area contributed by atoms with Crippen molar-refractivity contribution in [2.45, 2.75) is 5.60 Å². The summed E-state index contributed by atoms with van der Waals surface area (Å²) in [6.45, 7) is 0. The molecule has 2 atom stereocenters. The molecular formula is C26H22N2O6. The Morgan fingerprint density at radius 1 is 0.941 bits per heavy atom. The van der Waals surface area contributed by atoms with Gasteiger partial charge in [0.05, 0.1) is 21.3 Å². The topological polar surface area (TPSA) is 95.5 Å². The molecule has 0 radical (unpaired) electrons. The third-order valence-corrected chi connectivity index (χ3v) is 6.20. The molecule has 5 rings (SSSR count). The molecule has 34 heavy (non-hydrogen) atoms. The Balaban J connectivity index is 1.69. The Bertz CT molecular complexity index is 1320. The van der Waals surface area contributed by atoms with Crippen LogP contribution in [-0.4, -0.2) is 38.7 Å². The number of oxime groups is 1. The summed E-state index contributed by atoms with van der Waals surface area (Å²) < 4.78 is 16.1. The quantitative estimate of drug-likeness (QED) is 0.565. The van der Waals surface area contributed by atoms with Gasteiger partial charge < -0.3 is 24.4 Å². The molecule has 2 heterocycles. The third-order valence-electron chi connectivity index (χ3n) is 6.20. The summed E-state index contributed by atoms with van der Waals surface area (Å²) >= 11 is 0. The van der Waals surface area contributed by atoms with E-state index in [0.29, 0.717) is 45.3 Å². The number of benzene rings is 3. The molecular weight excluding hydrogens is 436 g/mol. The first kappa shape index (κ1) is 21.5. The van der Waals surface area contributed by atoms with Gasteiger partial charge in [-0.3, -0.25) is 9.59 Å². The maximum Gasteiger partial charge on any atom is 0.277 e. The number of ether oxygens (including phenoxy) is 3. The van der Waals surface area contributed by atoms with Gasteiger partial charge in [-0.1, -0.05) is 23.4 Å². The van der Waals surface area contributed by atoms with Crippen molar-refractivity contribution in [1.82, 2.24) is 0 Å². The molecule has 1 amide bonds. The van der Waals surface area contributed by atoms with Crippen LogP contribution in [0.1, 0.15) is 21.5 Å². The van der Waals surface area contributed by atoms with Crippen molar-refractivity contribution in [3.05, 3.63) is 83.4 Å². The van der Waals surface area contributed by atoms with Crippen LogP contribution in [0.4, 0.5) is 5.69 Å². The van der Waals surface area contributed by atoms with E-state index in [0.717, 1.165) is 0 Å². The van der Waals surface area contributed by atoms with Crippen LogP contribution >= 0.6 is 0 Å². The number of Topliss-reactive ketones (excluding diaryl/α,β-unsaturated/α-hetero) is 1. The van der Waals surface area contributed by atoms with E-state index in [2.05, 4.69) is 10.5 Å². The zero-order chi connectivity index (χ0) is 23.9. The van der Waals surface area contributed by atoms with Crippen molar-refractivity contribution in [2.75, 3.05) is 26.6 Å². The van der Waals surface area contributed by atoms with Gasteiger partial charge in [0.1, 0.15) is 28.9 Å². The SMILES string of the molecule is COc1ccc(C(=O)[C@@H]2C(c3ccc(OC)cc3OC)=NO[C@]23C(=O)Nc2ccccc23)cc1. The number of carbonyl (C=O) groups excluding carboxylic acids is 2. The van der Waals surface area contributed by atoms with Gasteiger partial charge in [-0.15, -0.1) is 0 Å². The molecule has 0 saturated heterocycles. The van der Waals surface area contributed by atoms with E-state index in [1.807, 2.05) is 6.07 Å². The van der Waals surface area contributed by atoms with Gasteiger partial charge in [-0.05, 0) is 42.5 Å². The summed E-state index contributed by atoms with van der Waals surface area (Å²) in [6.07, 6.45) is 0. The minimum atomic E-state index is -1.64. The summed E-state index contributed by atoms with van der Waals surface area (Å²) in [6, 6.07) is 19.0. The fourth-order valence-corrected chi connectivity index (χ4v) is 4.50. The normalized spacial score (nSPS) is 20.3. The van der Waals surface area contributed by atoms with E-state index in [4.69, 9.17) is 19.0 Å². The van der Waals surface area contributed by atoms with Gasteiger partial charge >= 0.3 is 0 Å². The van der Waals surface area contributed by atoms with Crippen LogP contribution in [0.2, 0.25) is 0 Å². The number of rotatable bonds is 6. The van der Waals surface area contributed by atoms with Crippen molar-refractivity contribution in [3.8, 4) is 17.2 Å². The first-order chi connectivity index (χ1) is 16.5. The number of para-hydroxylation sites is 1. The number of nitrogens with zero attached hydrogens (tertiary/aromatic N) is 1. The molecule has 0 unspecified atom stereocenters. The lowest BCUT2D eigenvalue weighted by molar-refractivity contribution is -0.140. The van der Waals surface area contributed by atoms with E-state index in [9.17, 15) is 9.59 Å². The molecule has 0 aromatic heterocycles. The number of carbonyl (C=O) groups is 2. The Labute approximate surface area is 196 Å². The molecule has 3 aromatic rings. The molecule has 3 aromatic carbocycles. The number of methoxy groups -OCH3 is 3. The molecule has 1 spiro atoms. The van der Waals surface area contributed by atoms with Crippen LogP contribution in [0.5, 0.6) is 17.2 Å². The van der Waals surface area contributed by atoms with Crippen molar-refractivity contribution in [1.29, 1.82) is 0 Å². The second-order valence-corrected chi connectivity index (χ2v) is 7.90. The summed E-state index contributed by atoms with van der Waals surface area (Å²) in [5.41, 5.74) is 0.717. The molecule has 172 valence electrons. The largest absolute Gasteiger partial charge is 0.497 e. The molecule has 1 N–H and O–H groups in total. The van der Waals surface area contributed by atoms with E-state index >= 15 is 0 Å². The van der Waals surface area contributed by atoms with E-state index in [1.165, 1.54) is 7.11 Å². The molecule has 0 bridgehead atoms. The summed E-state index contributed by atoms with van der Waals surface area (Å²) in [4.78, 5) is 33.3. The number of ketones is 1. The lowest BCUT2D eigenvalue weighted by atomic mass is 9.74. The lowest BCUT2D eigenvalue weighted by Gasteiger charge is -2.27. The van der Waals surface area contributed by atoms with Crippen molar-refractivity contribution >= 4 is 23.1 Å². The average Bonchev–Trinajstić information content (AvgIpc) is 3.42. The van der Waals surface area contributed by atoms with Gasteiger partial charge in [-0.2, -0.15) is 0 Å². The van der Waals surface area contributed by atoms with Gasteiger partial charge in [0.25, 0.3) is 11.5 Å². The highest BCUT2D eigenvalue weighted by Crippen LogP contribution is 2.50. The molecule has 2 aliphatic rings. The molecule has 8 nitrogen and oxygen atoms in total. The van der Waals surface area contributed by atoms with Crippen molar-refractivity contribution in [3.63, 3.8) is 0 Å². The predicted molar refractivity (Wildman–Crippen MR) is 125 cm³/mol. The van der Waals surface area contributed by atoms with E-state index < -0.39 is 17.4 Å². The second-order valence-electron chi connectivity index (χ2n) is 7.90. The monoisotopic (exact) mass is 458 g/mol. The van der Waals surface area contributed by atoms with E-state index in [1.54, 1.807) is 74.9 Å². The Hall–Kier alpha value is -4.33. The molecule has 0 fully saturated rings. The number of fused-ring (bicyclic) bond motifs is 2. The Kier molecular flexibility index (Phi) is 5.20. The van der Waals surface area contributed by atoms with Gasteiger partial charge in [-0.25, -0.2) is 0 Å². The van der Waals surface area contributed by atoms with Gasteiger partial charge in [0, 0.05) is 28.4 Å². The Morgan fingerprint density at radius 2 is 1.65 bits per heavy atom. The molecule has 0 saturated carbocycles. The van der Waals surface area contributed by atoms with Crippen LogP contribution in [0.15, 0.2) is 71.9 Å². The molecule has 8 heteroatoms. The zero-order valence-corrected chi connectivity index (χ0v) is 18.8. The second kappa shape index (κ2) is 8.22. The standard InChI is InChI=1S/C26H22N2O6/c1-31-16-10-8-15(9-11-16)24(29)22-23(18-13-12-17(32-2)14-21(18)33-3)28-34-26(22)19-6-4-5-7-20(19)27-25(26)30/h4-14,22H,1-3H3,(H,27,30)/t22-,26-/m0/s1. The first-order valence-electron chi connectivity index (χ1n) is 10.6. The summed E-state index contributed by atoms with van der Waals surface area (Å²) in [7, 11) is 4.62. The average molecular weight is 458 g/mol. The summed E-state index contributed by atoms with van der Waals surface area (Å²) in [5, 5.41) is 7.15. The fraction of sp³-hybridized carbons (Fsp3) is 0.192.